The van der Waals surface area contributed by atoms with Crippen LogP contribution in [0.3, 0.4) is 0 Å². The number of nitriles is 1. The van der Waals surface area contributed by atoms with Crippen molar-refractivity contribution in [2.75, 3.05) is 25.4 Å². The maximum atomic E-state index is 9.46. The minimum absolute atomic E-state index is 0. The van der Waals surface area contributed by atoms with Crippen molar-refractivity contribution >= 4 is 35.8 Å². The van der Waals surface area contributed by atoms with Gasteiger partial charge in [0.2, 0.25) is 0 Å². The number of hydrogen-bond donors (Lipinski definition) is 3. The maximum Gasteiger partial charge on any atom is 0.191 e. The molecule has 0 aliphatic heterocycles. The summed E-state index contributed by atoms with van der Waals surface area (Å²) >= 11 is 0. The van der Waals surface area contributed by atoms with E-state index in [0.717, 1.165) is 49.7 Å². The van der Waals surface area contributed by atoms with Crippen molar-refractivity contribution in [3.8, 4) is 11.8 Å². The number of aryl methyl sites for hydroxylation is 1. The van der Waals surface area contributed by atoms with Crippen molar-refractivity contribution in [1.29, 1.82) is 5.26 Å². The second kappa shape index (κ2) is 13.0. The number of aliphatic imine (C=N–C) groups is 1. The highest BCUT2D eigenvalue weighted by Gasteiger charge is 2.16. The van der Waals surface area contributed by atoms with Crippen LogP contribution >= 0.6 is 24.0 Å². The molecule has 2 aromatic rings. The molecule has 1 aromatic carbocycles. The highest BCUT2D eigenvalue weighted by Crippen LogP contribution is 2.21. The van der Waals surface area contributed by atoms with Gasteiger partial charge in [-0.3, -0.25) is 4.99 Å². The Hall–Kier alpha value is -2.28. The molecule has 152 valence electrons. The predicted molar refractivity (Wildman–Crippen MR) is 125 cm³/mol. The van der Waals surface area contributed by atoms with E-state index in [4.69, 9.17) is 5.73 Å². The predicted octanol–water partition coefficient (Wildman–Crippen LogP) is 3.23. The van der Waals surface area contributed by atoms with Crippen LogP contribution in [0.2, 0.25) is 0 Å². The number of nitrogens with zero attached hydrogens (tertiary/aromatic N) is 4. The van der Waals surface area contributed by atoms with E-state index in [9.17, 15) is 5.26 Å². The molecule has 2 rings (SSSR count). The summed E-state index contributed by atoms with van der Waals surface area (Å²) in [5.41, 5.74) is 8.16. The van der Waals surface area contributed by atoms with Gasteiger partial charge in [-0.2, -0.15) is 10.4 Å². The lowest BCUT2D eigenvalue weighted by Gasteiger charge is -2.10. The number of guanidine groups is 1. The SMILES string of the molecule is CCCCNC(=NCCCc1nn(-c2ccccc2)c(N)c1C#N)NCC.I. The lowest BCUT2D eigenvalue weighted by molar-refractivity contribution is 0.722. The Morgan fingerprint density at radius 1 is 1.21 bits per heavy atom. The number of unbranched alkanes of at least 4 members (excludes halogenated alkanes) is 1. The average molecular weight is 495 g/mol. The number of para-hydroxylation sites is 1. The van der Waals surface area contributed by atoms with Gasteiger partial charge in [0.05, 0.1) is 11.4 Å². The first-order valence-electron chi connectivity index (χ1n) is 9.56. The molecule has 0 atom stereocenters. The Kier molecular flexibility index (Phi) is 11.0. The minimum atomic E-state index is 0. The van der Waals surface area contributed by atoms with Gasteiger partial charge in [-0.15, -0.1) is 24.0 Å². The molecule has 28 heavy (non-hydrogen) atoms. The van der Waals surface area contributed by atoms with Crippen LogP contribution in [-0.2, 0) is 6.42 Å². The van der Waals surface area contributed by atoms with Crippen LogP contribution in [0.4, 0.5) is 5.82 Å². The number of aromatic nitrogens is 2. The highest BCUT2D eigenvalue weighted by molar-refractivity contribution is 14.0. The van der Waals surface area contributed by atoms with E-state index in [-0.39, 0.29) is 24.0 Å². The summed E-state index contributed by atoms with van der Waals surface area (Å²) in [6, 6.07) is 11.8. The fraction of sp³-hybridized carbons (Fsp3) is 0.450. The van der Waals surface area contributed by atoms with Gasteiger partial charge in [0.1, 0.15) is 17.5 Å². The van der Waals surface area contributed by atoms with Gasteiger partial charge < -0.3 is 16.4 Å². The maximum absolute atomic E-state index is 9.46. The van der Waals surface area contributed by atoms with Crippen LogP contribution in [0.25, 0.3) is 5.69 Å². The molecule has 0 unspecified atom stereocenters. The minimum Gasteiger partial charge on any atom is -0.382 e. The number of halogens is 1. The zero-order valence-corrected chi connectivity index (χ0v) is 18.9. The number of benzene rings is 1. The Balaban J connectivity index is 0.00000392. The van der Waals surface area contributed by atoms with Crippen molar-refractivity contribution < 1.29 is 0 Å². The molecule has 0 aliphatic rings. The summed E-state index contributed by atoms with van der Waals surface area (Å²) in [5, 5.41) is 20.6. The van der Waals surface area contributed by atoms with Gasteiger partial charge in [0.25, 0.3) is 0 Å². The van der Waals surface area contributed by atoms with Crippen LogP contribution in [-0.4, -0.2) is 35.4 Å². The molecule has 0 radical (unpaired) electrons. The fourth-order valence-corrected chi connectivity index (χ4v) is 2.70. The Morgan fingerprint density at radius 2 is 1.96 bits per heavy atom. The fourth-order valence-electron chi connectivity index (χ4n) is 2.70. The zero-order valence-electron chi connectivity index (χ0n) is 16.6. The summed E-state index contributed by atoms with van der Waals surface area (Å²) in [7, 11) is 0. The summed E-state index contributed by atoms with van der Waals surface area (Å²) in [6.45, 7) is 6.62. The third-order valence-corrected chi connectivity index (χ3v) is 4.11. The molecule has 0 aliphatic carbocycles. The molecule has 8 heteroatoms. The lowest BCUT2D eigenvalue weighted by Crippen LogP contribution is -2.37. The van der Waals surface area contributed by atoms with Crippen LogP contribution in [0, 0.1) is 11.3 Å². The van der Waals surface area contributed by atoms with Gasteiger partial charge >= 0.3 is 0 Å². The molecule has 1 aromatic heterocycles. The molecule has 0 fully saturated rings. The topological polar surface area (TPSA) is 104 Å². The summed E-state index contributed by atoms with van der Waals surface area (Å²) in [6.07, 6.45) is 3.72. The summed E-state index contributed by atoms with van der Waals surface area (Å²) in [4.78, 5) is 4.59. The first-order valence-corrected chi connectivity index (χ1v) is 9.56. The van der Waals surface area contributed by atoms with Crippen molar-refractivity contribution in [2.24, 2.45) is 4.99 Å². The second-order valence-electron chi connectivity index (χ2n) is 6.21. The van der Waals surface area contributed by atoms with Crippen molar-refractivity contribution in [3.63, 3.8) is 0 Å². The van der Waals surface area contributed by atoms with E-state index >= 15 is 0 Å². The molecule has 0 spiro atoms. The smallest absolute Gasteiger partial charge is 0.191 e. The van der Waals surface area contributed by atoms with Crippen LogP contribution in [0.5, 0.6) is 0 Å². The van der Waals surface area contributed by atoms with Gasteiger partial charge in [0.15, 0.2) is 5.96 Å². The Morgan fingerprint density at radius 3 is 2.61 bits per heavy atom. The second-order valence-corrected chi connectivity index (χ2v) is 6.21. The Labute approximate surface area is 184 Å². The van der Waals surface area contributed by atoms with Crippen molar-refractivity contribution in [2.45, 2.75) is 39.5 Å². The van der Waals surface area contributed by atoms with Gasteiger partial charge in [-0.1, -0.05) is 31.5 Å². The van der Waals surface area contributed by atoms with Gasteiger partial charge in [0, 0.05) is 19.6 Å². The number of rotatable bonds is 9. The first-order chi connectivity index (χ1) is 13.2. The van der Waals surface area contributed by atoms with Crippen LogP contribution < -0.4 is 16.4 Å². The van der Waals surface area contributed by atoms with Gasteiger partial charge in [-0.05, 0) is 38.3 Å². The normalized spacial score (nSPS) is 10.8. The molecule has 1 heterocycles. The van der Waals surface area contributed by atoms with E-state index in [2.05, 4.69) is 40.6 Å². The largest absolute Gasteiger partial charge is 0.382 e. The highest BCUT2D eigenvalue weighted by atomic mass is 127. The monoisotopic (exact) mass is 495 g/mol. The molecule has 0 saturated heterocycles. The van der Waals surface area contributed by atoms with E-state index in [1.807, 2.05) is 30.3 Å². The van der Waals surface area contributed by atoms with E-state index in [1.165, 1.54) is 0 Å². The third kappa shape index (κ3) is 6.71. The van der Waals surface area contributed by atoms with E-state index in [0.29, 0.717) is 24.3 Å². The molecule has 7 nitrogen and oxygen atoms in total. The number of anilines is 1. The molecule has 0 saturated carbocycles. The molecule has 4 N–H and O–H groups in total. The molecular weight excluding hydrogens is 465 g/mol. The summed E-state index contributed by atoms with van der Waals surface area (Å²) in [5.74, 6) is 1.22. The van der Waals surface area contributed by atoms with E-state index < -0.39 is 0 Å². The number of nitrogen functional groups attached to an aromatic ring is 1. The number of hydrogen-bond acceptors (Lipinski definition) is 4. The standard InChI is InChI=1S/C20H29N7.HI/c1-3-5-13-24-20(23-4-2)25-14-9-12-18-17(15-21)19(22)27(26-18)16-10-7-6-8-11-16;/h6-8,10-11H,3-5,9,12-14,22H2,1-2H3,(H2,23,24,25);1H. The first kappa shape index (κ1) is 23.8. The number of nitrogens with one attached hydrogen (secondary N) is 2. The number of nitrogens with two attached hydrogens (primary N) is 1. The Bertz CT molecular complexity index is 778. The molecule has 0 amide bonds. The third-order valence-electron chi connectivity index (χ3n) is 4.11. The molecule has 0 bridgehead atoms. The van der Waals surface area contributed by atoms with E-state index in [1.54, 1.807) is 4.68 Å². The van der Waals surface area contributed by atoms with Crippen LogP contribution in [0.15, 0.2) is 35.3 Å². The van der Waals surface area contributed by atoms with Crippen molar-refractivity contribution in [3.05, 3.63) is 41.6 Å². The lowest BCUT2D eigenvalue weighted by atomic mass is 10.1. The van der Waals surface area contributed by atoms with Crippen LogP contribution in [0.1, 0.15) is 44.4 Å². The van der Waals surface area contributed by atoms with Crippen molar-refractivity contribution in [1.82, 2.24) is 20.4 Å². The summed E-state index contributed by atoms with van der Waals surface area (Å²) < 4.78 is 1.63. The molecular formula is C20H30IN7. The quantitative estimate of drug-likeness (QED) is 0.215. The zero-order chi connectivity index (χ0) is 19.5. The average Bonchev–Trinajstić information content (AvgIpc) is 3.01. The van der Waals surface area contributed by atoms with Gasteiger partial charge in [-0.25, -0.2) is 4.68 Å².